The third kappa shape index (κ3) is 4.21. The second-order valence-electron chi connectivity index (χ2n) is 6.39. The Hall–Kier alpha value is -3.18. The van der Waals surface area contributed by atoms with Crippen molar-refractivity contribution in [1.82, 2.24) is 4.98 Å². The highest BCUT2D eigenvalue weighted by atomic mass is 32.1. The van der Waals surface area contributed by atoms with Gasteiger partial charge in [-0.15, -0.1) is 0 Å². The van der Waals surface area contributed by atoms with Gasteiger partial charge in [0.05, 0.1) is 16.8 Å². The maximum atomic E-state index is 12.6. The van der Waals surface area contributed by atoms with Crippen LogP contribution in [0, 0.1) is 0 Å². The zero-order valence-electron chi connectivity index (χ0n) is 15.5. The highest BCUT2D eigenvalue weighted by Crippen LogP contribution is 2.29. The molecule has 4 nitrogen and oxygen atoms in total. The van der Waals surface area contributed by atoms with Crippen LogP contribution in [0.1, 0.15) is 28.4 Å². The summed E-state index contributed by atoms with van der Waals surface area (Å²) >= 11 is 1.44. The van der Waals surface area contributed by atoms with Gasteiger partial charge in [-0.2, -0.15) is 0 Å². The van der Waals surface area contributed by atoms with Gasteiger partial charge in [0.15, 0.2) is 5.13 Å². The number of hydrogen-bond acceptors (Lipinski definition) is 4. The molecule has 0 atom stereocenters. The van der Waals surface area contributed by atoms with Gasteiger partial charge in [-0.3, -0.25) is 10.1 Å². The summed E-state index contributed by atoms with van der Waals surface area (Å²) in [6, 6.07) is 23.7. The van der Waals surface area contributed by atoms with Crippen LogP contribution in [-0.4, -0.2) is 17.5 Å². The number of rotatable bonds is 6. The van der Waals surface area contributed by atoms with Crippen molar-refractivity contribution in [2.45, 2.75) is 13.3 Å². The Morgan fingerprint density at radius 3 is 2.50 bits per heavy atom. The number of aromatic nitrogens is 1. The summed E-state index contributed by atoms with van der Waals surface area (Å²) in [5, 5.41) is 3.48. The van der Waals surface area contributed by atoms with E-state index in [4.69, 9.17) is 4.74 Å². The van der Waals surface area contributed by atoms with Crippen LogP contribution < -0.4 is 10.1 Å². The average molecular weight is 388 g/mol. The van der Waals surface area contributed by atoms with E-state index in [1.54, 1.807) is 0 Å². The molecule has 140 valence electrons. The number of nitrogens with zero attached hydrogens (tertiary/aromatic N) is 1. The summed E-state index contributed by atoms with van der Waals surface area (Å²) in [5.74, 6) is 0.654. The van der Waals surface area contributed by atoms with Crippen molar-refractivity contribution >= 4 is 32.6 Å². The van der Waals surface area contributed by atoms with Crippen LogP contribution in [0.4, 0.5) is 5.13 Å². The molecular weight excluding hydrogens is 368 g/mol. The Kier molecular flexibility index (Phi) is 5.35. The highest BCUT2D eigenvalue weighted by molar-refractivity contribution is 7.22. The Balaban J connectivity index is 1.45. The zero-order chi connectivity index (χ0) is 19.3. The number of hydrogen-bond donors (Lipinski definition) is 1. The van der Waals surface area contributed by atoms with Crippen molar-refractivity contribution < 1.29 is 9.53 Å². The number of carbonyl (C=O) groups is 1. The summed E-state index contributed by atoms with van der Waals surface area (Å²) in [5.41, 5.74) is 3.89. The second kappa shape index (κ2) is 8.23. The van der Waals surface area contributed by atoms with Crippen LogP contribution in [0.3, 0.4) is 0 Å². The molecule has 1 heterocycles. The minimum absolute atomic E-state index is 0.157. The number of ether oxygens (including phenoxy) is 1. The van der Waals surface area contributed by atoms with Gasteiger partial charge in [-0.05, 0) is 54.8 Å². The van der Waals surface area contributed by atoms with Crippen LogP contribution in [0.2, 0.25) is 0 Å². The van der Waals surface area contributed by atoms with E-state index >= 15 is 0 Å². The van der Waals surface area contributed by atoms with Crippen molar-refractivity contribution in [2.75, 3.05) is 11.9 Å². The summed E-state index contributed by atoms with van der Waals surface area (Å²) in [7, 11) is 0. The van der Waals surface area contributed by atoms with Gasteiger partial charge in [0, 0.05) is 5.56 Å². The topological polar surface area (TPSA) is 51.2 Å². The van der Waals surface area contributed by atoms with E-state index in [1.165, 1.54) is 22.5 Å². The normalized spacial score (nSPS) is 10.8. The quantitative estimate of drug-likeness (QED) is 0.472. The number of benzene rings is 3. The summed E-state index contributed by atoms with van der Waals surface area (Å²) in [4.78, 5) is 17.0. The van der Waals surface area contributed by atoms with Crippen molar-refractivity contribution in [1.29, 1.82) is 0 Å². The van der Waals surface area contributed by atoms with Gasteiger partial charge in [0.2, 0.25) is 0 Å². The smallest absolute Gasteiger partial charge is 0.257 e. The largest absolute Gasteiger partial charge is 0.494 e. The number of thiazole rings is 1. The lowest BCUT2D eigenvalue weighted by molar-refractivity contribution is 0.102. The molecule has 0 aliphatic carbocycles. The first kappa shape index (κ1) is 18.2. The first-order valence-electron chi connectivity index (χ1n) is 9.19. The molecule has 5 heteroatoms. The van der Waals surface area contributed by atoms with Gasteiger partial charge in [0.25, 0.3) is 5.91 Å². The summed E-state index contributed by atoms with van der Waals surface area (Å²) in [6.45, 7) is 2.57. The summed E-state index contributed by atoms with van der Waals surface area (Å²) < 4.78 is 6.50. The van der Waals surface area contributed by atoms with Crippen molar-refractivity contribution in [3.05, 3.63) is 89.5 Å². The van der Waals surface area contributed by atoms with E-state index < -0.39 is 0 Å². The van der Waals surface area contributed by atoms with Crippen LogP contribution in [0.15, 0.2) is 72.8 Å². The number of fused-ring (bicyclic) bond motifs is 1. The molecule has 1 aromatic heterocycles. The number of nitrogens with one attached hydrogen (secondary N) is 1. The predicted molar refractivity (Wildman–Crippen MR) is 114 cm³/mol. The van der Waals surface area contributed by atoms with Gasteiger partial charge in [-0.1, -0.05) is 53.8 Å². The van der Waals surface area contributed by atoms with E-state index in [2.05, 4.69) is 22.4 Å². The molecule has 1 N–H and O–H groups in total. The van der Waals surface area contributed by atoms with Gasteiger partial charge < -0.3 is 4.74 Å². The van der Waals surface area contributed by atoms with Crippen molar-refractivity contribution in [3.8, 4) is 5.75 Å². The number of carbonyl (C=O) groups excluding carboxylic acids is 1. The zero-order valence-corrected chi connectivity index (χ0v) is 16.3. The van der Waals surface area contributed by atoms with Crippen molar-refractivity contribution in [3.63, 3.8) is 0 Å². The maximum absolute atomic E-state index is 12.6. The number of amides is 1. The fourth-order valence-electron chi connectivity index (χ4n) is 2.99. The Morgan fingerprint density at radius 1 is 1.00 bits per heavy atom. The van der Waals surface area contributed by atoms with E-state index in [-0.39, 0.29) is 5.91 Å². The highest BCUT2D eigenvalue weighted by Gasteiger charge is 2.11. The molecule has 0 aliphatic rings. The summed E-state index contributed by atoms with van der Waals surface area (Å²) in [6.07, 6.45) is 0.850. The lowest BCUT2D eigenvalue weighted by Crippen LogP contribution is -2.11. The Morgan fingerprint density at radius 2 is 1.75 bits per heavy atom. The third-order valence-corrected chi connectivity index (χ3v) is 5.29. The molecule has 4 aromatic rings. The standard InChI is InChI=1S/C23H20N2O2S/c1-2-27-19-12-13-20-21(15-19)28-23(24-20)25-22(26)18-10-8-17(9-11-18)14-16-6-4-3-5-7-16/h3-13,15H,2,14H2,1H3,(H,24,25,26). The molecule has 0 saturated carbocycles. The molecule has 0 unspecified atom stereocenters. The molecule has 0 aliphatic heterocycles. The van der Waals surface area contributed by atoms with Crippen LogP contribution in [-0.2, 0) is 6.42 Å². The molecule has 28 heavy (non-hydrogen) atoms. The first-order chi connectivity index (χ1) is 13.7. The Bertz CT molecular complexity index is 1090. The molecular formula is C23H20N2O2S. The van der Waals surface area contributed by atoms with Gasteiger partial charge in [-0.25, -0.2) is 4.98 Å². The van der Waals surface area contributed by atoms with Gasteiger partial charge >= 0.3 is 0 Å². The molecule has 0 radical (unpaired) electrons. The fourth-order valence-corrected chi connectivity index (χ4v) is 3.88. The molecule has 0 bridgehead atoms. The van der Waals surface area contributed by atoms with E-state index in [0.717, 1.165) is 22.4 Å². The SMILES string of the molecule is CCOc1ccc2nc(NC(=O)c3ccc(Cc4ccccc4)cc3)sc2c1. The van der Waals surface area contributed by atoms with Crippen LogP contribution in [0.25, 0.3) is 10.2 Å². The maximum Gasteiger partial charge on any atom is 0.257 e. The van der Waals surface area contributed by atoms with Crippen LogP contribution >= 0.6 is 11.3 Å². The predicted octanol–water partition coefficient (Wildman–Crippen LogP) is 5.54. The minimum Gasteiger partial charge on any atom is -0.494 e. The third-order valence-electron chi connectivity index (χ3n) is 4.36. The average Bonchev–Trinajstić information content (AvgIpc) is 3.11. The van der Waals surface area contributed by atoms with E-state index in [0.29, 0.717) is 17.3 Å². The van der Waals surface area contributed by atoms with Gasteiger partial charge in [0.1, 0.15) is 5.75 Å². The van der Waals surface area contributed by atoms with E-state index in [1.807, 2.05) is 67.6 Å². The van der Waals surface area contributed by atoms with Crippen molar-refractivity contribution in [2.24, 2.45) is 0 Å². The second-order valence-corrected chi connectivity index (χ2v) is 7.43. The van der Waals surface area contributed by atoms with Crippen LogP contribution in [0.5, 0.6) is 5.75 Å². The molecule has 1 amide bonds. The minimum atomic E-state index is -0.157. The Labute approximate surface area is 167 Å². The fraction of sp³-hybridized carbons (Fsp3) is 0.130. The lowest BCUT2D eigenvalue weighted by Gasteiger charge is -2.05. The molecule has 0 spiro atoms. The van der Waals surface area contributed by atoms with E-state index in [9.17, 15) is 4.79 Å². The monoisotopic (exact) mass is 388 g/mol. The molecule has 0 saturated heterocycles. The molecule has 3 aromatic carbocycles. The number of anilines is 1. The molecule has 0 fully saturated rings. The molecule has 4 rings (SSSR count). The first-order valence-corrected chi connectivity index (χ1v) is 10.0. The lowest BCUT2D eigenvalue weighted by atomic mass is 10.0.